The maximum Gasteiger partial charge on any atom is 0.150 e. The first kappa shape index (κ1) is 8.52. The molecule has 4 nitrogen and oxygen atoms in total. The third-order valence-corrected chi connectivity index (χ3v) is 1.67. The lowest BCUT2D eigenvalue weighted by Gasteiger charge is -2.05. The van der Waals surface area contributed by atoms with Crippen molar-refractivity contribution in [1.29, 1.82) is 0 Å². The zero-order valence-corrected chi connectivity index (χ0v) is 7.00. The summed E-state index contributed by atoms with van der Waals surface area (Å²) in [5, 5.41) is 2.81. The molecule has 2 N–H and O–H groups in total. The van der Waals surface area contributed by atoms with Crippen molar-refractivity contribution in [2.75, 3.05) is 12.8 Å². The molecule has 1 rings (SSSR count). The Kier molecular flexibility index (Phi) is 2.28. The molecule has 0 aliphatic rings. The monoisotopic (exact) mass is 166 g/mol. The predicted octanol–water partition coefficient (Wildman–Crippen LogP) is 1.98. The van der Waals surface area contributed by atoms with Gasteiger partial charge >= 0.3 is 0 Å². The van der Waals surface area contributed by atoms with Crippen LogP contribution in [0.1, 0.15) is 5.56 Å². The molecule has 0 fully saturated rings. The minimum absolute atomic E-state index is 0.282. The van der Waals surface area contributed by atoms with E-state index in [0.29, 0.717) is 11.4 Å². The van der Waals surface area contributed by atoms with E-state index in [-0.39, 0.29) is 5.69 Å². The van der Waals surface area contributed by atoms with Crippen molar-refractivity contribution in [1.82, 2.24) is 0 Å². The summed E-state index contributed by atoms with van der Waals surface area (Å²) < 4.78 is 4.90. The van der Waals surface area contributed by atoms with E-state index in [1.807, 2.05) is 6.92 Å². The number of hydrogen-bond donors (Lipinski definition) is 1. The van der Waals surface area contributed by atoms with Gasteiger partial charge in [0.1, 0.15) is 11.4 Å². The third kappa shape index (κ3) is 1.37. The summed E-state index contributed by atoms with van der Waals surface area (Å²) in [7, 11) is 1.47. The minimum Gasteiger partial charge on any atom is -0.494 e. The average molecular weight is 166 g/mol. The van der Waals surface area contributed by atoms with E-state index in [0.717, 1.165) is 5.56 Å². The Bertz CT molecular complexity index is 310. The van der Waals surface area contributed by atoms with Gasteiger partial charge in [-0.2, -0.15) is 0 Å². The topological polar surface area (TPSA) is 64.7 Å². The van der Waals surface area contributed by atoms with Crippen LogP contribution in [0.5, 0.6) is 5.75 Å². The largest absolute Gasteiger partial charge is 0.494 e. The highest BCUT2D eigenvalue weighted by molar-refractivity contribution is 5.63. The quantitative estimate of drug-likeness (QED) is 0.539. The van der Waals surface area contributed by atoms with Gasteiger partial charge in [-0.3, -0.25) is 0 Å². The highest BCUT2D eigenvalue weighted by Crippen LogP contribution is 2.31. The van der Waals surface area contributed by atoms with Crippen LogP contribution in [0.25, 0.3) is 0 Å². The molecule has 0 spiro atoms. The number of nitroso groups, excluding NO2 is 1. The van der Waals surface area contributed by atoms with Gasteiger partial charge in [0, 0.05) is 11.8 Å². The summed E-state index contributed by atoms with van der Waals surface area (Å²) in [6.45, 7) is 1.81. The molecule has 4 heteroatoms. The van der Waals surface area contributed by atoms with Crippen LogP contribution in [0.4, 0.5) is 11.4 Å². The van der Waals surface area contributed by atoms with Gasteiger partial charge in [-0.05, 0) is 23.7 Å². The van der Waals surface area contributed by atoms with Crippen LogP contribution in [0.2, 0.25) is 0 Å². The Morgan fingerprint density at radius 1 is 1.50 bits per heavy atom. The van der Waals surface area contributed by atoms with E-state index in [4.69, 9.17) is 10.5 Å². The summed E-state index contributed by atoms with van der Waals surface area (Å²) in [6.07, 6.45) is 0. The van der Waals surface area contributed by atoms with Gasteiger partial charge in [0.05, 0.1) is 7.11 Å². The van der Waals surface area contributed by atoms with E-state index < -0.39 is 0 Å². The van der Waals surface area contributed by atoms with Crippen LogP contribution in [0, 0.1) is 11.8 Å². The second kappa shape index (κ2) is 3.21. The molecule has 0 saturated carbocycles. The Balaban J connectivity index is 3.28. The second-order valence-corrected chi connectivity index (χ2v) is 2.47. The molecular formula is C8H10N2O2. The Morgan fingerprint density at radius 3 is 2.67 bits per heavy atom. The molecule has 1 aromatic carbocycles. The summed E-state index contributed by atoms with van der Waals surface area (Å²) in [5.74, 6) is 0.410. The number of ether oxygens (including phenoxy) is 1. The first-order chi connectivity index (χ1) is 5.69. The number of rotatable bonds is 2. The van der Waals surface area contributed by atoms with Crippen LogP contribution in [-0.2, 0) is 0 Å². The van der Waals surface area contributed by atoms with E-state index in [1.165, 1.54) is 7.11 Å². The van der Waals surface area contributed by atoms with Gasteiger partial charge in [-0.25, -0.2) is 0 Å². The number of anilines is 1. The molecule has 0 aliphatic carbocycles. The van der Waals surface area contributed by atoms with E-state index in [2.05, 4.69) is 5.18 Å². The summed E-state index contributed by atoms with van der Waals surface area (Å²) in [6, 6.07) is 3.19. The molecular weight excluding hydrogens is 156 g/mol. The van der Waals surface area contributed by atoms with Gasteiger partial charge in [0.2, 0.25) is 0 Å². The Morgan fingerprint density at radius 2 is 2.17 bits per heavy atom. The van der Waals surface area contributed by atoms with E-state index in [1.54, 1.807) is 12.1 Å². The molecule has 0 saturated heterocycles. The van der Waals surface area contributed by atoms with Gasteiger partial charge in [0.25, 0.3) is 0 Å². The zero-order valence-electron chi connectivity index (χ0n) is 7.00. The third-order valence-electron chi connectivity index (χ3n) is 1.67. The fraction of sp³-hybridized carbons (Fsp3) is 0.250. The van der Waals surface area contributed by atoms with Crippen LogP contribution < -0.4 is 10.5 Å². The van der Waals surface area contributed by atoms with Crippen LogP contribution >= 0.6 is 0 Å². The van der Waals surface area contributed by atoms with Gasteiger partial charge in [-0.1, -0.05) is 0 Å². The SMILES string of the molecule is COc1cc(N)c(C)cc1N=O. The molecule has 12 heavy (non-hydrogen) atoms. The molecule has 0 unspecified atom stereocenters. The Hall–Kier alpha value is -1.58. The van der Waals surface area contributed by atoms with Crippen molar-refractivity contribution < 1.29 is 4.74 Å². The number of methoxy groups -OCH3 is 1. The molecule has 64 valence electrons. The van der Waals surface area contributed by atoms with E-state index in [9.17, 15) is 4.91 Å². The summed E-state index contributed by atoms with van der Waals surface area (Å²) >= 11 is 0. The lowest BCUT2D eigenvalue weighted by Crippen LogP contribution is -1.91. The molecule has 0 bridgehead atoms. The number of nitrogen functional groups attached to an aromatic ring is 1. The predicted molar refractivity (Wildman–Crippen MR) is 47.6 cm³/mol. The minimum atomic E-state index is 0.282. The van der Waals surface area contributed by atoms with Gasteiger partial charge in [-0.15, -0.1) is 4.91 Å². The number of aryl methyl sites for hydroxylation is 1. The van der Waals surface area contributed by atoms with Crippen molar-refractivity contribution in [2.24, 2.45) is 5.18 Å². The molecule has 0 radical (unpaired) electrons. The second-order valence-electron chi connectivity index (χ2n) is 2.47. The molecule has 1 aromatic rings. The van der Waals surface area contributed by atoms with E-state index >= 15 is 0 Å². The number of nitrogens with two attached hydrogens (primary N) is 1. The molecule has 0 aliphatic heterocycles. The van der Waals surface area contributed by atoms with Crippen molar-refractivity contribution in [3.05, 3.63) is 22.6 Å². The highest BCUT2D eigenvalue weighted by atomic mass is 16.5. The van der Waals surface area contributed by atoms with Gasteiger partial charge in [0.15, 0.2) is 0 Å². The van der Waals surface area contributed by atoms with Crippen molar-refractivity contribution in [3.63, 3.8) is 0 Å². The fourth-order valence-electron chi connectivity index (χ4n) is 0.923. The van der Waals surface area contributed by atoms with Gasteiger partial charge < -0.3 is 10.5 Å². The molecule has 0 heterocycles. The molecule has 0 aromatic heterocycles. The maximum atomic E-state index is 10.3. The van der Waals surface area contributed by atoms with Crippen molar-refractivity contribution in [3.8, 4) is 5.75 Å². The fourth-order valence-corrected chi connectivity index (χ4v) is 0.923. The average Bonchev–Trinajstić information content (AvgIpc) is 2.09. The number of nitrogens with zero attached hydrogens (tertiary/aromatic N) is 1. The molecule has 0 amide bonds. The molecule has 0 atom stereocenters. The van der Waals surface area contributed by atoms with Crippen molar-refractivity contribution >= 4 is 11.4 Å². The van der Waals surface area contributed by atoms with Crippen LogP contribution in [0.3, 0.4) is 0 Å². The maximum absolute atomic E-state index is 10.3. The smallest absolute Gasteiger partial charge is 0.150 e. The first-order valence-electron chi connectivity index (χ1n) is 3.46. The lowest BCUT2D eigenvalue weighted by molar-refractivity contribution is 0.416. The number of benzene rings is 1. The first-order valence-corrected chi connectivity index (χ1v) is 3.46. The summed E-state index contributed by atoms with van der Waals surface area (Å²) in [4.78, 5) is 10.3. The van der Waals surface area contributed by atoms with Crippen LogP contribution in [0.15, 0.2) is 17.3 Å². The summed E-state index contributed by atoms with van der Waals surface area (Å²) in [5.41, 5.74) is 7.30. The highest BCUT2D eigenvalue weighted by Gasteiger charge is 2.05. The standard InChI is InChI=1S/C8H10N2O2/c1-5-3-7(10-11)8(12-2)4-6(5)9/h3-4H,9H2,1-2H3. The number of hydrogen-bond acceptors (Lipinski definition) is 4. The zero-order chi connectivity index (χ0) is 9.14. The normalized spacial score (nSPS) is 9.50. The van der Waals surface area contributed by atoms with Crippen molar-refractivity contribution in [2.45, 2.75) is 6.92 Å². The Labute approximate surface area is 70.3 Å². The lowest BCUT2D eigenvalue weighted by atomic mass is 10.2. The van der Waals surface area contributed by atoms with Crippen LogP contribution in [-0.4, -0.2) is 7.11 Å².